The van der Waals surface area contributed by atoms with Crippen molar-refractivity contribution in [3.63, 3.8) is 0 Å². The minimum Gasteiger partial charge on any atom is -0.297 e. The monoisotopic (exact) mass is 555 g/mol. The van der Waals surface area contributed by atoms with E-state index in [1.807, 2.05) is 20.8 Å². The molecule has 1 heterocycles. The first-order valence-corrected chi connectivity index (χ1v) is 16.2. The Kier molecular flexibility index (Phi) is 8.33. The first-order chi connectivity index (χ1) is 18.0. The van der Waals surface area contributed by atoms with Crippen molar-refractivity contribution in [2.75, 3.05) is 0 Å². The number of hydrogen-bond donors (Lipinski definition) is 0. The number of carbonyl (C=O) groups is 1. The van der Waals surface area contributed by atoms with Crippen LogP contribution < -0.4 is 0 Å². The molecule has 0 saturated heterocycles. The molecule has 1 aliphatic carbocycles. The van der Waals surface area contributed by atoms with Gasteiger partial charge in [-0.2, -0.15) is 0 Å². The molecular formula is C30H37NO5S2. The van der Waals surface area contributed by atoms with Gasteiger partial charge in [0, 0.05) is 18.0 Å². The lowest BCUT2D eigenvalue weighted by atomic mass is 9.85. The van der Waals surface area contributed by atoms with E-state index < -0.39 is 31.2 Å². The molecule has 0 N–H and O–H groups in total. The van der Waals surface area contributed by atoms with Crippen molar-refractivity contribution in [1.82, 2.24) is 4.31 Å². The van der Waals surface area contributed by atoms with E-state index in [0.717, 1.165) is 18.4 Å². The predicted octanol–water partition coefficient (Wildman–Crippen LogP) is 5.70. The van der Waals surface area contributed by atoms with Gasteiger partial charge < -0.3 is 0 Å². The van der Waals surface area contributed by atoms with Crippen molar-refractivity contribution in [1.29, 1.82) is 0 Å². The van der Waals surface area contributed by atoms with Crippen molar-refractivity contribution in [3.8, 4) is 0 Å². The molecule has 4 rings (SSSR count). The second-order valence-electron chi connectivity index (χ2n) is 10.7. The number of nitrogens with zero attached hydrogens (tertiary/aromatic N) is 1. The maximum absolute atomic E-state index is 14.2. The number of allylic oxidation sites excluding steroid dienone is 1. The summed E-state index contributed by atoms with van der Waals surface area (Å²) in [7, 11) is -8.15. The van der Waals surface area contributed by atoms with Gasteiger partial charge in [0.2, 0.25) is 0 Å². The number of sulfone groups is 1. The normalized spacial score (nSPS) is 22.4. The lowest BCUT2D eigenvalue weighted by Crippen LogP contribution is -2.44. The third kappa shape index (κ3) is 5.25. The second-order valence-corrected chi connectivity index (χ2v) is 14.7. The van der Waals surface area contributed by atoms with Gasteiger partial charge >= 0.3 is 0 Å². The van der Waals surface area contributed by atoms with E-state index in [1.165, 1.54) is 16.4 Å². The second kappa shape index (κ2) is 11.2. The first-order valence-electron chi connectivity index (χ1n) is 13.3. The number of unbranched alkanes of at least 4 members (excludes halogenated alkanes) is 2. The number of carbonyl (C=O) groups excluding carboxylic acids is 1. The topological polar surface area (TPSA) is 88.6 Å². The van der Waals surface area contributed by atoms with Crippen LogP contribution in [0.4, 0.5) is 0 Å². The lowest BCUT2D eigenvalue weighted by molar-refractivity contribution is -0.120. The molecule has 0 bridgehead atoms. The SMILES string of the molecule is C=CCCCC[C@@H](C1=C[C@@H]2[C@@H](C(C)C)CC(=O)[C@@H]2N1S(=O)(=O)c1ccc(C)cc1)S(=O)(=O)c1ccccc1. The van der Waals surface area contributed by atoms with Gasteiger partial charge in [-0.05, 0) is 62.3 Å². The molecule has 0 unspecified atom stereocenters. The largest absolute Gasteiger partial charge is 0.297 e. The van der Waals surface area contributed by atoms with E-state index in [1.54, 1.807) is 54.6 Å². The summed E-state index contributed by atoms with van der Waals surface area (Å²) in [6.07, 6.45) is 6.17. The summed E-state index contributed by atoms with van der Waals surface area (Å²) < 4.78 is 57.7. The highest BCUT2D eigenvalue weighted by atomic mass is 32.2. The zero-order valence-corrected chi connectivity index (χ0v) is 23.9. The molecule has 1 saturated carbocycles. The van der Waals surface area contributed by atoms with E-state index >= 15 is 0 Å². The predicted molar refractivity (Wildman–Crippen MR) is 150 cm³/mol. The van der Waals surface area contributed by atoms with Crippen LogP contribution in [0.1, 0.15) is 51.5 Å². The Morgan fingerprint density at radius 1 is 0.974 bits per heavy atom. The number of sulfonamides is 1. The fourth-order valence-corrected chi connectivity index (χ4v) is 9.42. The van der Waals surface area contributed by atoms with Crippen LogP contribution in [0.15, 0.2) is 88.8 Å². The van der Waals surface area contributed by atoms with E-state index in [9.17, 15) is 21.6 Å². The average Bonchev–Trinajstić information content (AvgIpc) is 3.42. The van der Waals surface area contributed by atoms with Crippen LogP contribution in [0, 0.1) is 24.7 Å². The summed E-state index contributed by atoms with van der Waals surface area (Å²) in [6.45, 7) is 9.67. The smallest absolute Gasteiger partial charge is 0.264 e. The van der Waals surface area contributed by atoms with Crippen LogP contribution >= 0.6 is 0 Å². The van der Waals surface area contributed by atoms with Crippen LogP contribution in [0.3, 0.4) is 0 Å². The van der Waals surface area contributed by atoms with Crippen LogP contribution in [-0.2, 0) is 24.7 Å². The van der Waals surface area contributed by atoms with Crippen LogP contribution in [0.5, 0.6) is 0 Å². The molecular weight excluding hydrogens is 518 g/mol. The van der Waals surface area contributed by atoms with Crippen molar-refractivity contribution in [2.45, 2.75) is 74.0 Å². The number of aryl methyl sites for hydroxylation is 1. The van der Waals surface area contributed by atoms with Gasteiger partial charge in [0.05, 0.1) is 9.79 Å². The molecule has 2 aromatic carbocycles. The van der Waals surface area contributed by atoms with Gasteiger partial charge in [-0.15, -0.1) is 6.58 Å². The van der Waals surface area contributed by atoms with E-state index in [2.05, 4.69) is 6.58 Å². The average molecular weight is 556 g/mol. The van der Waals surface area contributed by atoms with Gasteiger partial charge in [-0.25, -0.2) is 16.8 Å². The summed E-state index contributed by atoms with van der Waals surface area (Å²) in [5.41, 5.74) is 1.12. The van der Waals surface area contributed by atoms with Gasteiger partial charge in [-0.1, -0.05) is 68.3 Å². The van der Waals surface area contributed by atoms with Crippen molar-refractivity contribution in [3.05, 3.63) is 84.6 Å². The highest BCUT2D eigenvalue weighted by molar-refractivity contribution is 7.92. The Morgan fingerprint density at radius 3 is 2.24 bits per heavy atom. The maximum atomic E-state index is 14.2. The molecule has 2 aromatic rings. The Labute approximate surface area is 227 Å². The van der Waals surface area contributed by atoms with E-state index in [0.29, 0.717) is 6.42 Å². The van der Waals surface area contributed by atoms with Crippen LogP contribution in [0.2, 0.25) is 0 Å². The van der Waals surface area contributed by atoms with Gasteiger partial charge in [0.15, 0.2) is 15.6 Å². The molecule has 204 valence electrons. The fraction of sp³-hybridized carbons (Fsp3) is 0.433. The standard InChI is InChI=1S/C30H37NO5S2/c1-5-6-7-11-14-29(37(33,34)23-12-9-8-10-13-23)27-19-26-25(21(2)3)20-28(32)30(26)31(27)38(35,36)24-17-15-22(4)16-18-24/h5,8-10,12-13,15-19,21,25-26,29-30H,1,6-7,11,14,20H2,2-4H3/t25-,26-,29+,30-/m1/s1. The third-order valence-corrected chi connectivity index (χ3v) is 11.8. The highest BCUT2D eigenvalue weighted by Crippen LogP contribution is 2.48. The summed E-state index contributed by atoms with van der Waals surface area (Å²) in [5.74, 6) is -0.427. The fourth-order valence-electron chi connectivity index (χ4n) is 5.77. The van der Waals surface area contributed by atoms with Crippen molar-refractivity contribution < 1.29 is 21.6 Å². The maximum Gasteiger partial charge on any atom is 0.264 e. The van der Waals surface area contributed by atoms with Crippen molar-refractivity contribution in [2.24, 2.45) is 17.8 Å². The Balaban J connectivity index is 1.88. The number of Topliss-reactive ketones (excluding diaryl/α,β-unsaturated/α-hetero) is 1. The summed E-state index contributed by atoms with van der Waals surface area (Å²) in [5, 5.41) is -1.10. The minimum atomic E-state index is -4.20. The quantitative estimate of drug-likeness (QED) is 0.262. The molecule has 38 heavy (non-hydrogen) atoms. The number of ketones is 1. The van der Waals surface area contributed by atoms with Crippen molar-refractivity contribution >= 4 is 25.6 Å². The summed E-state index contributed by atoms with van der Waals surface area (Å²) >= 11 is 0. The number of benzene rings is 2. The van der Waals surface area contributed by atoms with Gasteiger partial charge in [0.1, 0.15) is 11.3 Å². The highest BCUT2D eigenvalue weighted by Gasteiger charge is 2.56. The third-order valence-electron chi connectivity index (χ3n) is 7.83. The molecule has 0 amide bonds. The Hall–Kier alpha value is -2.71. The van der Waals surface area contributed by atoms with Crippen LogP contribution in [-0.4, -0.2) is 38.2 Å². The molecule has 1 aliphatic heterocycles. The zero-order valence-electron chi connectivity index (χ0n) is 22.3. The molecule has 0 radical (unpaired) electrons. The number of fused-ring (bicyclic) bond motifs is 1. The van der Waals surface area contributed by atoms with E-state index in [-0.39, 0.29) is 51.9 Å². The molecule has 6 nitrogen and oxygen atoms in total. The Morgan fingerprint density at radius 2 is 1.63 bits per heavy atom. The lowest BCUT2D eigenvalue weighted by Gasteiger charge is -2.32. The molecule has 4 atom stereocenters. The van der Waals surface area contributed by atoms with Gasteiger partial charge in [-0.3, -0.25) is 9.10 Å². The number of rotatable bonds is 11. The molecule has 8 heteroatoms. The molecule has 0 aromatic heterocycles. The molecule has 0 spiro atoms. The molecule has 1 fully saturated rings. The van der Waals surface area contributed by atoms with Gasteiger partial charge in [0.25, 0.3) is 10.0 Å². The number of hydrogen-bond acceptors (Lipinski definition) is 5. The summed E-state index contributed by atoms with van der Waals surface area (Å²) in [4.78, 5) is 13.6. The van der Waals surface area contributed by atoms with E-state index in [4.69, 9.17) is 0 Å². The Bertz CT molecular complexity index is 1410. The molecule has 2 aliphatic rings. The zero-order chi connectivity index (χ0) is 27.7. The van der Waals surface area contributed by atoms with Crippen LogP contribution in [0.25, 0.3) is 0 Å². The minimum absolute atomic E-state index is 0.0537. The summed E-state index contributed by atoms with van der Waals surface area (Å²) in [6, 6.07) is 13.7. The first kappa shape index (κ1) is 28.3.